The lowest BCUT2D eigenvalue weighted by atomic mass is 10.0. The number of carbonyl (C=O) groups is 1. The van der Waals surface area contributed by atoms with Crippen LogP contribution in [0.5, 0.6) is 0 Å². The van der Waals surface area contributed by atoms with Gasteiger partial charge in [0.15, 0.2) is 5.11 Å². The molecule has 6 heteroatoms. The molecule has 120 valence electrons. The summed E-state index contributed by atoms with van der Waals surface area (Å²) in [5.41, 5.74) is 1.51. The Morgan fingerprint density at radius 1 is 1.08 bits per heavy atom. The quantitative estimate of drug-likeness (QED) is 0.703. The number of pyridine rings is 1. The summed E-state index contributed by atoms with van der Waals surface area (Å²) in [5.74, 6) is -0.272. The highest BCUT2D eigenvalue weighted by molar-refractivity contribution is 7.80. The molecule has 3 rings (SSSR count). The number of halogens is 1. The van der Waals surface area contributed by atoms with Crippen molar-refractivity contribution >= 4 is 45.6 Å². The van der Waals surface area contributed by atoms with E-state index in [0.29, 0.717) is 17.1 Å². The normalized spacial score (nSPS) is 10.4. The highest BCUT2D eigenvalue weighted by atomic mass is 35.5. The fourth-order valence-corrected chi connectivity index (χ4v) is 2.77. The molecule has 2 N–H and O–H groups in total. The molecular weight excluding hydrogens is 342 g/mol. The third kappa shape index (κ3) is 3.69. The van der Waals surface area contributed by atoms with Crippen LogP contribution in [0.1, 0.15) is 15.9 Å². The molecule has 0 saturated heterocycles. The minimum absolute atomic E-state index is 0.267. The second kappa shape index (κ2) is 7.38. The summed E-state index contributed by atoms with van der Waals surface area (Å²) in [5, 5.41) is 8.19. The smallest absolute Gasteiger partial charge is 0.258 e. The standard InChI is InChI=1S/C18H14ClN3OS/c19-16-8-2-5-13-14(16)6-1-7-15(13)17(23)22-18(24)21-11-12-4-3-9-20-10-12/h1-10H,11H2,(H2,21,22,23,24). The van der Waals surface area contributed by atoms with E-state index in [0.717, 1.165) is 16.3 Å². The lowest BCUT2D eigenvalue weighted by Crippen LogP contribution is -2.38. The molecule has 0 aliphatic rings. The van der Waals surface area contributed by atoms with Gasteiger partial charge in [-0.3, -0.25) is 15.1 Å². The Morgan fingerprint density at radius 3 is 2.67 bits per heavy atom. The number of hydrogen-bond acceptors (Lipinski definition) is 3. The van der Waals surface area contributed by atoms with Gasteiger partial charge in [0.25, 0.3) is 5.91 Å². The molecule has 0 radical (unpaired) electrons. The summed E-state index contributed by atoms with van der Waals surface area (Å²) in [4.78, 5) is 16.5. The lowest BCUT2D eigenvalue weighted by Gasteiger charge is -2.11. The molecule has 1 heterocycles. The van der Waals surface area contributed by atoms with Crippen LogP contribution < -0.4 is 10.6 Å². The number of thiocarbonyl (C=S) groups is 1. The molecule has 0 atom stereocenters. The summed E-state index contributed by atoms with van der Waals surface area (Å²) in [6, 6.07) is 14.7. The van der Waals surface area contributed by atoms with E-state index in [1.54, 1.807) is 30.6 Å². The largest absolute Gasteiger partial charge is 0.358 e. The van der Waals surface area contributed by atoms with Crippen molar-refractivity contribution in [2.24, 2.45) is 0 Å². The fraction of sp³-hybridized carbons (Fsp3) is 0.0556. The van der Waals surface area contributed by atoms with Gasteiger partial charge < -0.3 is 5.32 Å². The molecule has 0 aliphatic heterocycles. The van der Waals surface area contributed by atoms with Crippen molar-refractivity contribution in [2.45, 2.75) is 6.54 Å². The number of amides is 1. The maximum Gasteiger partial charge on any atom is 0.258 e. The monoisotopic (exact) mass is 355 g/mol. The predicted molar refractivity (Wildman–Crippen MR) is 100 cm³/mol. The Balaban J connectivity index is 1.71. The summed E-state index contributed by atoms with van der Waals surface area (Å²) in [7, 11) is 0. The van der Waals surface area contributed by atoms with Crippen molar-refractivity contribution in [3.63, 3.8) is 0 Å². The topological polar surface area (TPSA) is 54.0 Å². The predicted octanol–water partition coefficient (Wildman–Crippen LogP) is 3.69. The third-order valence-electron chi connectivity index (χ3n) is 3.52. The minimum Gasteiger partial charge on any atom is -0.358 e. The van der Waals surface area contributed by atoms with Gasteiger partial charge in [-0.2, -0.15) is 0 Å². The molecule has 0 unspecified atom stereocenters. The highest BCUT2D eigenvalue weighted by Crippen LogP contribution is 2.25. The number of fused-ring (bicyclic) bond motifs is 1. The van der Waals surface area contributed by atoms with Crippen LogP contribution in [0.2, 0.25) is 5.02 Å². The molecule has 0 bridgehead atoms. The van der Waals surface area contributed by atoms with Crippen LogP contribution in [0.15, 0.2) is 60.9 Å². The van der Waals surface area contributed by atoms with Gasteiger partial charge >= 0.3 is 0 Å². The van der Waals surface area contributed by atoms with Crippen molar-refractivity contribution in [1.29, 1.82) is 0 Å². The van der Waals surface area contributed by atoms with Crippen molar-refractivity contribution in [1.82, 2.24) is 15.6 Å². The second-order valence-corrected chi connectivity index (χ2v) is 5.95. The molecule has 0 spiro atoms. The van der Waals surface area contributed by atoms with Gasteiger partial charge in [-0.25, -0.2) is 0 Å². The Hall–Kier alpha value is -2.50. The molecule has 4 nitrogen and oxygen atoms in total. The van der Waals surface area contributed by atoms with E-state index in [4.69, 9.17) is 23.8 Å². The molecule has 0 fully saturated rings. The first kappa shape index (κ1) is 16.4. The molecule has 2 aromatic carbocycles. The Morgan fingerprint density at radius 2 is 1.88 bits per heavy atom. The van der Waals surface area contributed by atoms with E-state index < -0.39 is 0 Å². The van der Waals surface area contributed by atoms with Crippen molar-refractivity contribution in [3.05, 3.63) is 77.1 Å². The van der Waals surface area contributed by atoms with E-state index in [9.17, 15) is 4.79 Å². The fourth-order valence-electron chi connectivity index (χ4n) is 2.37. The van der Waals surface area contributed by atoms with Crippen LogP contribution in [0.25, 0.3) is 10.8 Å². The number of nitrogens with one attached hydrogen (secondary N) is 2. The number of aromatic nitrogens is 1. The number of hydrogen-bond donors (Lipinski definition) is 2. The summed E-state index contributed by atoms with van der Waals surface area (Å²) in [6.07, 6.45) is 3.44. The average molecular weight is 356 g/mol. The summed E-state index contributed by atoms with van der Waals surface area (Å²) < 4.78 is 0. The maximum absolute atomic E-state index is 12.5. The van der Waals surface area contributed by atoms with Gasteiger partial charge in [0.05, 0.1) is 0 Å². The Labute approximate surface area is 149 Å². The summed E-state index contributed by atoms with van der Waals surface area (Å²) >= 11 is 11.4. The SMILES string of the molecule is O=C(NC(=S)NCc1cccnc1)c1cccc2c(Cl)cccc12. The van der Waals surface area contributed by atoms with Crippen molar-refractivity contribution in [3.8, 4) is 0 Å². The van der Waals surface area contributed by atoms with Gasteiger partial charge in [0.1, 0.15) is 0 Å². The van der Waals surface area contributed by atoms with Crippen LogP contribution in [-0.2, 0) is 6.54 Å². The zero-order valence-corrected chi connectivity index (χ0v) is 14.2. The van der Waals surface area contributed by atoms with Crippen LogP contribution >= 0.6 is 23.8 Å². The second-order valence-electron chi connectivity index (χ2n) is 5.14. The zero-order chi connectivity index (χ0) is 16.9. The molecule has 1 aromatic heterocycles. The maximum atomic E-state index is 12.5. The molecule has 24 heavy (non-hydrogen) atoms. The van der Waals surface area contributed by atoms with E-state index in [1.165, 1.54) is 0 Å². The number of benzene rings is 2. The van der Waals surface area contributed by atoms with Gasteiger partial charge in [0.2, 0.25) is 0 Å². The first-order chi connectivity index (χ1) is 11.6. The van der Waals surface area contributed by atoms with Crippen LogP contribution in [0.3, 0.4) is 0 Å². The van der Waals surface area contributed by atoms with E-state index in [2.05, 4.69) is 15.6 Å². The zero-order valence-electron chi connectivity index (χ0n) is 12.6. The first-order valence-corrected chi connectivity index (χ1v) is 8.09. The Kier molecular flexibility index (Phi) is 5.03. The third-order valence-corrected chi connectivity index (χ3v) is 4.09. The van der Waals surface area contributed by atoms with E-state index >= 15 is 0 Å². The van der Waals surface area contributed by atoms with E-state index in [-0.39, 0.29) is 11.0 Å². The van der Waals surface area contributed by atoms with Crippen molar-refractivity contribution < 1.29 is 4.79 Å². The van der Waals surface area contributed by atoms with Gasteiger partial charge in [-0.15, -0.1) is 0 Å². The molecule has 1 amide bonds. The van der Waals surface area contributed by atoms with Crippen LogP contribution in [0.4, 0.5) is 0 Å². The summed E-state index contributed by atoms with van der Waals surface area (Å²) in [6.45, 7) is 0.494. The molecule has 3 aromatic rings. The molecular formula is C18H14ClN3OS. The molecule has 0 saturated carbocycles. The van der Waals surface area contributed by atoms with Crippen LogP contribution in [-0.4, -0.2) is 16.0 Å². The number of rotatable bonds is 3. The average Bonchev–Trinajstić information content (AvgIpc) is 2.61. The van der Waals surface area contributed by atoms with Gasteiger partial charge in [0, 0.05) is 34.9 Å². The van der Waals surface area contributed by atoms with E-state index in [1.807, 2.05) is 30.3 Å². The lowest BCUT2D eigenvalue weighted by molar-refractivity contribution is 0.0978. The van der Waals surface area contributed by atoms with Crippen LogP contribution in [0, 0.1) is 0 Å². The van der Waals surface area contributed by atoms with Gasteiger partial charge in [-0.1, -0.05) is 41.9 Å². The minimum atomic E-state index is -0.272. The first-order valence-electron chi connectivity index (χ1n) is 7.30. The van der Waals surface area contributed by atoms with Crippen molar-refractivity contribution in [2.75, 3.05) is 0 Å². The van der Waals surface area contributed by atoms with Gasteiger partial charge in [-0.05, 0) is 41.4 Å². The highest BCUT2D eigenvalue weighted by Gasteiger charge is 2.12. The number of nitrogens with zero attached hydrogens (tertiary/aromatic N) is 1. The Bertz CT molecular complexity index is 899. The molecule has 0 aliphatic carbocycles. The number of carbonyl (C=O) groups excluding carboxylic acids is 1.